The van der Waals surface area contributed by atoms with Crippen LogP contribution in [0.15, 0.2) is 127 Å². The molecule has 25 nitrogen and oxygen atoms in total. The van der Waals surface area contributed by atoms with Crippen LogP contribution in [0.1, 0.15) is 34.3 Å². The van der Waals surface area contributed by atoms with Crippen molar-refractivity contribution < 1.29 is 95.9 Å². The van der Waals surface area contributed by atoms with Crippen LogP contribution in [0.2, 0.25) is 0 Å². The second-order valence-corrected chi connectivity index (χ2v) is 19.8. The second kappa shape index (κ2) is 24.1. The maximum atomic E-state index is 14.2. The van der Waals surface area contributed by atoms with Gasteiger partial charge in [-0.1, -0.05) is 48.5 Å². The third-order valence-electron chi connectivity index (χ3n) is 10.0. The Morgan fingerprint density at radius 3 is 1.76 bits per heavy atom. The van der Waals surface area contributed by atoms with Gasteiger partial charge in [-0.3, -0.25) is 28.2 Å². The minimum Gasteiger partial charge on any atom is -0.481 e. The van der Waals surface area contributed by atoms with Gasteiger partial charge in [0.15, 0.2) is 0 Å². The molecule has 4 aromatic carbocycles. The number of amides is 1. The third kappa shape index (κ3) is 16.2. The Bertz CT molecular complexity index is 3660. The molecule has 0 aromatic heterocycles. The number of carbonyl (C=O) groups is 2. The normalized spacial score (nSPS) is 13.1. The first-order chi connectivity index (χ1) is 33.1. The first kappa shape index (κ1) is 56.5. The highest BCUT2D eigenvalue weighted by Crippen LogP contribution is 2.43. The van der Waals surface area contributed by atoms with E-state index in [4.69, 9.17) is 42.3 Å². The van der Waals surface area contributed by atoms with Gasteiger partial charge >= 0.3 is 37.8 Å². The lowest BCUT2D eigenvalue weighted by Gasteiger charge is -2.31. The molecule has 4 aromatic rings. The zero-order valence-electron chi connectivity index (χ0n) is 35.6. The van der Waals surface area contributed by atoms with Gasteiger partial charge in [0.25, 0.3) is 36.3 Å². The smallest absolute Gasteiger partial charge is 0.425 e. The van der Waals surface area contributed by atoms with E-state index in [1.165, 1.54) is 42.5 Å². The Hall–Kier alpha value is -7.10. The van der Waals surface area contributed by atoms with Crippen molar-refractivity contribution in [3.63, 3.8) is 0 Å². The first-order valence-electron chi connectivity index (χ1n) is 19.4. The van der Waals surface area contributed by atoms with Crippen LogP contribution in [-0.4, -0.2) is 112 Å². The van der Waals surface area contributed by atoms with Crippen molar-refractivity contribution in [2.45, 2.75) is 40.6 Å². The molecule has 2 heterocycles. The summed E-state index contributed by atoms with van der Waals surface area (Å²) in [6.45, 7) is 0.183. The summed E-state index contributed by atoms with van der Waals surface area (Å²) in [4.78, 5) is 30.5. The van der Waals surface area contributed by atoms with Gasteiger partial charge in [-0.15, -0.1) is 37.9 Å². The van der Waals surface area contributed by atoms with Gasteiger partial charge in [0, 0.05) is 59.5 Å². The summed E-state index contributed by atoms with van der Waals surface area (Å²) in [5.41, 5.74) is 2.53. The number of hydrogen-bond donors (Lipinski definition) is 5. The molecule has 0 bridgehead atoms. The highest BCUT2D eigenvalue weighted by molar-refractivity contribution is 7.86. The zero-order valence-corrected chi connectivity index (χ0v) is 40.5. The van der Waals surface area contributed by atoms with Crippen LogP contribution in [0.4, 0.5) is 5.69 Å². The molecule has 1 aliphatic carbocycles. The molecule has 1 fully saturated rings. The Balaban J connectivity index is 0.000000822. The summed E-state index contributed by atoms with van der Waals surface area (Å²) in [6, 6.07) is 25.0. The van der Waals surface area contributed by atoms with Gasteiger partial charge in [0.2, 0.25) is 0 Å². The number of piperidine rings is 1. The molecule has 378 valence electrons. The molecule has 1 amide bonds. The summed E-state index contributed by atoms with van der Waals surface area (Å²) in [5.74, 6) is -1.82. The molecule has 0 atom stereocenters. The van der Waals surface area contributed by atoms with E-state index in [0.29, 0.717) is 27.8 Å². The number of nitrogens with one attached hydrogen (secondary N) is 1. The van der Waals surface area contributed by atoms with E-state index in [1.807, 2.05) is 0 Å². The molecule has 0 spiro atoms. The van der Waals surface area contributed by atoms with Gasteiger partial charge in [-0.2, -0.15) is 25.3 Å². The molecule has 71 heavy (non-hydrogen) atoms. The van der Waals surface area contributed by atoms with Crippen molar-refractivity contribution in [3.05, 3.63) is 125 Å². The maximum Gasteiger partial charge on any atom is 0.425 e. The number of carbonyl (C=O) groups excluding carboxylic acids is 1. The molecule has 5 N–H and O–H groups in total. The zero-order chi connectivity index (χ0) is 53.0. The third-order valence-corrected chi connectivity index (χ3v) is 12.7. The van der Waals surface area contributed by atoms with E-state index in [9.17, 15) is 53.6 Å². The van der Waals surface area contributed by atoms with Gasteiger partial charge in [-0.25, -0.2) is 0 Å². The number of aliphatic carboxylic acids is 1. The van der Waals surface area contributed by atoms with Gasteiger partial charge in [0.1, 0.15) is 16.2 Å². The number of anilines is 1. The Morgan fingerprint density at radius 2 is 1.21 bits per heavy atom. The van der Waals surface area contributed by atoms with E-state index >= 15 is 0 Å². The fourth-order valence-corrected chi connectivity index (χ4v) is 8.92. The lowest BCUT2D eigenvalue weighted by molar-refractivity contribution is -0.143. The molecular weight excluding hydrogens is 1070 g/mol. The Kier molecular flexibility index (Phi) is 19.2. The number of nitrogens with zero attached hydrogens (tertiary/aromatic N) is 2. The fraction of sp³-hybridized carbons (Fsp3) is 0.175. The number of carboxylic acids is 1. The minimum atomic E-state index is -4.96. The van der Waals surface area contributed by atoms with Crippen LogP contribution in [0.3, 0.4) is 0 Å². The molecule has 3 aliphatic rings. The maximum absolute atomic E-state index is 14.2. The molecule has 0 unspecified atom stereocenters. The number of benzene rings is 5. The number of likely N-dealkylation sites (tertiary alicyclic amines) is 1. The quantitative estimate of drug-likeness (QED) is 0.0919. The van der Waals surface area contributed by atoms with E-state index in [2.05, 4.69) is 10.3 Å². The lowest BCUT2D eigenvalue weighted by Crippen LogP contribution is -2.40. The molecule has 1 saturated heterocycles. The van der Waals surface area contributed by atoms with Crippen LogP contribution in [0.5, 0.6) is 0 Å². The highest BCUT2D eigenvalue weighted by atomic mass is 32.2. The van der Waals surface area contributed by atoms with Crippen molar-refractivity contribution in [3.8, 4) is 22.5 Å². The van der Waals surface area contributed by atoms with Crippen LogP contribution in [-0.2, 0) is 80.1 Å². The van der Waals surface area contributed by atoms with Crippen molar-refractivity contribution in [2.75, 3.05) is 18.4 Å². The van der Waals surface area contributed by atoms with E-state index < -0.39 is 79.0 Å². The standard InChI is InChI=1S/C40H35N3O13S3.3O3S/c44-39(43-17-15-25(16-18-43)40(45)46)30-7-3-2-6-29(30)38-31-14-11-27(41-23-26-5-1-4-8-36(26)58(50,51)52)19-34(31)56-35-21-33(37(20-32(35)38)59(53,54)55)42-22-24-9-12-28(13-10-24)57(47,48)49;3*1-4(2)3/h1-14,19-21,25,41H,15-18,22-23H2,(H,45,46)(H,47,48,49)(H,50,51,52)(H,53,54,55);;;. The molecular formula is C40H35N3O22S6. The van der Waals surface area contributed by atoms with Gasteiger partial charge in [-0.05, 0) is 72.0 Å². The minimum absolute atomic E-state index is 0.0240. The average molecular weight is 1100 g/mol. The van der Waals surface area contributed by atoms with E-state index in [0.717, 1.165) is 12.1 Å². The molecule has 0 radical (unpaired) electrons. The second-order valence-electron chi connectivity index (χ2n) is 14.4. The van der Waals surface area contributed by atoms with Crippen LogP contribution < -0.4 is 10.7 Å². The van der Waals surface area contributed by atoms with E-state index in [-0.39, 0.29) is 88.1 Å². The molecule has 2 aliphatic heterocycles. The molecule has 7 rings (SSSR count). The predicted molar refractivity (Wildman–Crippen MR) is 243 cm³/mol. The lowest BCUT2D eigenvalue weighted by atomic mass is 9.89. The highest BCUT2D eigenvalue weighted by Gasteiger charge is 2.30. The summed E-state index contributed by atoms with van der Waals surface area (Å²) in [6.07, 6.45) is 0.525. The molecule has 31 heteroatoms. The van der Waals surface area contributed by atoms with Crippen LogP contribution in [0.25, 0.3) is 33.4 Å². The average Bonchev–Trinajstić information content (AvgIpc) is 3.27. The summed E-state index contributed by atoms with van der Waals surface area (Å²) in [7, 11) is -23.3. The van der Waals surface area contributed by atoms with E-state index in [1.54, 1.807) is 53.4 Å². The first-order valence-corrected chi connectivity index (χ1v) is 26.7. The SMILES string of the molecule is O=C(O)C1CCN(C(=O)c2ccccc2-c2c3cc(S(=O)(=O)O)c(=NCc4ccc(S(=O)(=O)O)cc4)cc-3oc3cc(NCc4ccccc4S(=O)(=O)O)ccc23)CC1.O=S(=O)=O.O=S(=O)=O.O=S(=O)=O. The van der Waals surface area contributed by atoms with Crippen molar-refractivity contribution in [2.24, 2.45) is 10.9 Å². The van der Waals surface area contributed by atoms with Crippen molar-refractivity contribution in [1.82, 2.24) is 4.90 Å². The monoisotopic (exact) mass is 1100 g/mol. The number of rotatable bonds is 11. The number of carboxylic acid groups (broad SMARTS) is 1. The topological polar surface area (TPSA) is 412 Å². The Labute approximate surface area is 406 Å². The van der Waals surface area contributed by atoms with Crippen LogP contribution >= 0.6 is 0 Å². The summed E-state index contributed by atoms with van der Waals surface area (Å²) >= 11 is 0. The predicted octanol–water partition coefficient (Wildman–Crippen LogP) is 2.58. The van der Waals surface area contributed by atoms with Gasteiger partial charge in [0.05, 0.1) is 27.6 Å². The fourth-order valence-electron chi connectivity index (χ4n) is 7.07. The summed E-state index contributed by atoms with van der Waals surface area (Å²) in [5, 5.41) is 12.8. The Morgan fingerprint density at radius 1 is 0.662 bits per heavy atom. The van der Waals surface area contributed by atoms with Crippen molar-refractivity contribution in [1.29, 1.82) is 0 Å². The van der Waals surface area contributed by atoms with Gasteiger partial charge < -0.3 is 19.7 Å². The van der Waals surface area contributed by atoms with Crippen LogP contribution in [0, 0.1) is 5.92 Å². The largest absolute Gasteiger partial charge is 0.481 e. The number of hydrogen-bond acceptors (Lipinski definition) is 20. The summed E-state index contributed by atoms with van der Waals surface area (Å²) < 4.78 is 185. The molecule has 0 saturated carbocycles. The number of fused-ring (bicyclic) bond motifs is 2. The van der Waals surface area contributed by atoms with Crippen molar-refractivity contribution >= 4 is 90.7 Å².